The van der Waals surface area contributed by atoms with Gasteiger partial charge in [-0.3, -0.25) is 4.79 Å². The molecular formula is C16H18FN3O3S2. The van der Waals surface area contributed by atoms with E-state index in [1.54, 1.807) is 0 Å². The zero-order valence-electron chi connectivity index (χ0n) is 13.6. The number of hydrogen-bond acceptors (Lipinski definition) is 6. The van der Waals surface area contributed by atoms with Gasteiger partial charge in [-0.25, -0.2) is 17.8 Å². The van der Waals surface area contributed by atoms with Crippen molar-refractivity contribution in [1.82, 2.24) is 10.3 Å². The lowest BCUT2D eigenvalue weighted by molar-refractivity contribution is -0.115. The van der Waals surface area contributed by atoms with E-state index in [1.807, 2.05) is 0 Å². The van der Waals surface area contributed by atoms with Gasteiger partial charge in [0, 0.05) is 24.4 Å². The summed E-state index contributed by atoms with van der Waals surface area (Å²) >= 11 is 1.41. The van der Waals surface area contributed by atoms with Crippen LogP contribution in [0.2, 0.25) is 0 Å². The highest BCUT2D eigenvalue weighted by Crippen LogP contribution is 2.25. The topological polar surface area (TPSA) is 88.2 Å². The number of hydrogen-bond donors (Lipinski definition) is 2. The van der Waals surface area contributed by atoms with Crippen LogP contribution in [-0.2, 0) is 34.0 Å². The van der Waals surface area contributed by atoms with E-state index in [4.69, 9.17) is 0 Å². The number of benzene rings is 1. The number of carbonyl (C=O) groups is 1. The fourth-order valence-electron chi connectivity index (χ4n) is 2.55. The predicted molar refractivity (Wildman–Crippen MR) is 94.0 cm³/mol. The Balaban J connectivity index is 1.69. The average molecular weight is 383 g/mol. The van der Waals surface area contributed by atoms with Gasteiger partial charge in [0.15, 0.2) is 15.0 Å². The van der Waals surface area contributed by atoms with Gasteiger partial charge in [-0.1, -0.05) is 13.0 Å². The number of carbonyl (C=O) groups excluding carboxylic acids is 1. The number of halogens is 1. The molecule has 6 nitrogen and oxygen atoms in total. The molecule has 0 radical (unpaired) electrons. The normalized spacial score (nSPS) is 14.2. The second-order valence-electron chi connectivity index (χ2n) is 5.70. The van der Waals surface area contributed by atoms with Crippen LogP contribution in [0.5, 0.6) is 0 Å². The summed E-state index contributed by atoms with van der Waals surface area (Å²) in [5.74, 6) is -1.19. The van der Waals surface area contributed by atoms with E-state index in [0.29, 0.717) is 5.13 Å². The zero-order chi connectivity index (χ0) is 18.0. The molecule has 1 amide bonds. The van der Waals surface area contributed by atoms with Crippen molar-refractivity contribution < 1.29 is 17.6 Å². The highest BCUT2D eigenvalue weighted by atomic mass is 32.2. The molecule has 0 unspecified atom stereocenters. The SMILES string of the molecule is CCS(=O)(=O)c1ccc(CC(=O)Nc2nc3c(s2)CNCC3)c(F)c1. The third kappa shape index (κ3) is 4.05. The van der Waals surface area contributed by atoms with Crippen molar-refractivity contribution in [2.24, 2.45) is 0 Å². The second-order valence-corrected chi connectivity index (χ2v) is 9.06. The molecule has 1 aliphatic rings. The number of rotatable bonds is 5. The summed E-state index contributed by atoms with van der Waals surface area (Å²) < 4.78 is 37.7. The molecule has 0 aliphatic carbocycles. The maximum absolute atomic E-state index is 14.1. The lowest BCUT2D eigenvalue weighted by atomic mass is 10.1. The first kappa shape index (κ1) is 18.0. The van der Waals surface area contributed by atoms with Crippen molar-refractivity contribution in [3.63, 3.8) is 0 Å². The van der Waals surface area contributed by atoms with Crippen LogP contribution >= 0.6 is 11.3 Å². The molecule has 0 bridgehead atoms. The monoisotopic (exact) mass is 383 g/mol. The van der Waals surface area contributed by atoms with Gasteiger partial charge in [0.2, 0.25) is 5.91 Å². The second kappa shape index (κ2) is 7.19. The molecule has 25 heavy (non-hydrogen) atoms. The Labute approximate surface area is 149 Å². The highest BCUT2D eigenvalue weighted by Gasteiger charge is 2.18. The predicted octanol–water partition coefficient (Wildman–Crippen LogP) is 1.90. The molecule has 0 spiro atoms. The molecule has 0 fully saturated rings. The minimum atomic E-state index is -3.47. The van der Waals surface area contributed by atoms with Crippen molar-refractivity contribution >= 4 is 32.2 Å². The fourth-order valence-corrected chi connectivity index (χ4v) is 4.43. The van der Waals surface area contributed by atoms with Gasteiger partial charge >= 0.3 is 0 Å². The Morgan fingerprint density at radius 2 is 2.24 bits per heavy atom. The summed E-state index contributed by atoms with van der Waals surface area (Å²) in [6.45, 7) is 3.10. The summed E-state index contributed by atoms with van der Waals surface area (Å²) in [6, 6.07) is 3.64. The molecular weight excluding hydrogens is 365 g/mol. The molecule has 1 aromatic carbocycles. The Bertz CT molecular complexity index is 886. The molecule has 0 saturated heterocycles. The van der Waals surface area contributed by atoms with Crippen LogP contribution in [0.25, 0.3) is 0 Å². The van der Waals surface area contributed by atoms with Crippen molar-refractivity contribution in [1.29, 1.82) is 0 Å². The van der Waals surface area contributed by atoms with Gasteiger partial charge in [0.1, 0.15) is 5.82 Å². The van der Waals surface area contributed by atoms with Crippen molar-refractivity contribution in [3.05, 3.63) is 40.2 Å². The Kier molecular flexibility index (Phi) is 5.16. The lowest BCUT2D eigenvalue weighted by Crippen LogP contribution is -2.22. The Morgan fingerprint density at radius 3 is 2.92 bits per heavy atom. The Hall–Kier alpha value is -1.84. The molecule has 2 N–H and O–H groups in total. The van der Waals surface area contributed by atoms with Crippen LogP contribution in [0, 0.1) is 5.82 Å². The summed E-state index contributed by atoms with van der Waals surface area (Å²) in [4.78, 5) is 17.6. The third-order valence-corrected chi connectivity index (χ3v) is 6.71. The third-order valence-electron chi connectivity index (χ3n) is 3.96. The number of sulfone groups is 1. The van der Waals surface area contributed by atoms with Crippen molar-refractivity contribution in [3.8, 4) is 0 Å². The van der Waals surface area contributed by atoms with E-state index in [9.17, 15) is 17.6 Å². The van der Waals surface area contributed by atoms with E-state index in [2.05, 4.69) is 15.6 Å². The minimum absolute atomic E-state index is 0.0724. The van der Waals surface area contributed by atoms with Gasteiger partial charge in [-0.2, -0.15) is 0 Å². The van der Waals surface area contributed by atoms with Crippen LogP contribution in [-0.4, -0.2) is 31.6 Å². The number of amides is 1. The molecule has 0 saturated carbocycles. The average Bonchev–Trinajstić information content (AvgIpc) is 2.98. The summed E-state index contributed by atoms with van der Waals surface area (Å²) in [5.41, 5.74) is 1.13. The van der Waals surface area contributed by atoms with E-state index in [-0.39, 0.29) is 28.5 Å². The molecule has 1 aromatic heterocycles. The van der Waals surface area contributed by atoms with Crippen LogP contribution in [0.3, 0.4) is 0 Å². The first-order chi connectivity index (χ1) is 11.9. The van der Waals surface area contributed by atoms with Crippen molar-refractivity contribution in [2.45, 2.75) is 31.2 Å². The van der Waals surface area contributed by atoms with Gasteiger partial charge in [0.25, 0.3) is 0 Å². The first-order valence-corrected chi connectivity index (χ1v) is 10.4. The molecule has 3 rings (SSSR count). The quantitative estimate of drug-likeness (QED) is 0.823. The minimum Gasteiger partial charge on any atom is -0.311 e. The van der Waals surface area contributed by atoms with E-state index in [0.717, 1.165) is 36.1 Å². The number of aromatic nitrogens is 1. The summed E-state index contributed by atoms with van der Waals surface area (Å²) in [5, 5.41) is 6.43. The molecule has 1 aliphatic heterocycles. The fraction of sp³-hybridized carbons (Fsp3) is 0.375. The largest absolute Gasteiger partial charge is 0.311 e. The smallest absolute Gasteiger partial charge is 0.230 e. The number of anilines is 1. The maximum Gasteiger partial charge on any atom is 0.230 e. The standard InChI is InChI=1S/C16H18FN3O3S2/c1-2-25(22,23)11-4-3-10(12(17)8-11)7-15(21)20-16-19-13-5-6-18-9-14(13)24-16/h3-4,8,18H,2,5-7,9H2,1H3,(H,19,20,21). The molecule has 0 atom stereocenters. The van der Waals surface area contributed by atoms with E-state index in [1.165, 1.54) is 30.4 Å². The van der Waals surface area contributed by atoms with Gasteiger partial charge < -0.3 is 10.6 Å². The number of fused-ring (bicyclic) bond motifs is 1. The van der Waals surface area contributed by atoms with E-state index >= 15 is 0 Å². The molecule has 134 valence electrons. The van der Waals surface area contributed by atoms with Crippen molar-refractivity contribution in [2.75, 3.05) is 17.6 Å². The Morgan fingerprint density at radius 1 is 1.44 bits per heavy atom. The maximum atomic E-state index is 14.1. The summed E-state index contributed by atoms with van der Waals surface area (Å²) in [7, 11) is -3.47. The number of nitrogens with zero attached hydrogens (tertiary/aromatic N) is 1. The van der Waals surface area contributed by atoms with Crippen LogP contribution in [0.4, 0.5) is 9.52 Å². The molecule has 2 aromatic rings. The highest BCUT2D eigenvalue weighted by molar-refractivity contribution is 7.91. The van der Waals surface area contributed by atoms with Crippen LogP contribution in [0.1, 0.15) is 23.1 Å². The van der Waals surface area contributed by atoms with Gasteiger partial charge in [-0.05, 0) is 17.7 Å². The lowest BCUT2D eigenvalue weighted by Gasteiger charge is -2.09. The summed E-state index contributed by atoms with van der Waals surface area (Å²) in [6.07, 6.45) is 0.643. The molecule has 9 heteroatoms. The van der Waals surface area contributed by atoms with E-state index < -0.39 is 15.7 Å². The molecule has 2 heterocycles. The van der Waals surface area contributed by atoms with Gasteiger partial charge in [0.05, 0.1) is 22.8 Å². The first-order valence-electron chi connectivity index (χ1n) is 7.89. The zero-order valence-corrected chi connectivity index (χ0v) is 15.3. The van der Waals surface area contributed by atoms with Crippen LogP contribution < -0.4 is 10.6 Å². The number of nitrogens with one attached hydrogen (secondary N) is 2. The number of thiazole rings is 1. The van der Waals surface area contributed by atoms with Gasteiger partial charge in [-0.15, -0.1) is 11.3 Å². The van der Waals surface area contributed by atoms with Crippen LogP contribution in [0.15, 0.2) is 23.1 Å².